The van der Waals surface area contributed by atoms with Crippen molar-refractivity contribution in [2.24, 2.45) is 0 Å². The van der Waals surface area contributed by atoms with Crippen LogP contribution in [0.15, 0.2) is 44.4 Å². The molecule has 0 aliphatic carbocycles. The van der Waals surface area contributed by atoms with Crippen molar-refractivity contribution in [2.45, 2.75) is 24.8 Å². The summed E-state index contributed by atoms with van der Waals surface area (Å²) in [6.45, 7) is 5.32. The van der Waals surface area contributed by atoms with E-state index in [2.05, 4.69) is 70.1 Å². The van der Waals surface area contributed by atoms with Gasteiger partial charge in [-0.15, -0.1) is 11.8 Å². The average Bonchev–Trinajstić information content (AvgIpc) is 2.82. The molecule has 19 heavy (non-hydrogen) atoms. The second-order valence-corrected chi connectivity index (χ2v) is 7.02. The van der Waals surface area contributed by atoms with E-state index < -0.39 is 0 Å². The molecule has 1 unspecified atom stereocenters. The van der Waals surface area contributed by atoms with Crippen LogP contribution in [-0.4, -0.2) is 12.3 Å². The van der Waals surface area contributed by atoms with Gasteiger partial charge in [-0.25, -0.2) is 0 Å². The number of hydrogen-bond donors (Lipinski definition) is 1. The van der Waals surface area contributed by atoms with Crippen LogP contribution in [0.3, 0.4) is 0 Å². The molecule has 1 nitrogen and oxygen atoms in total. The Morgan fingerprint density at radius 1 is 1.32 bits per heavy atom. The molecule has 0 fully saturated rings. The minimum Gasteiger partial charge on any atom is -0.309 e. The summed E-state index contributed by atoms with van der Waals surface area (Å²) in [5, 5.41) is 7.95. The maximum atomic E-state index is 3.64. The van der Waals surface area contributed by atoms with Crippen molar-refractivity contribution < 1.29 is 0 Å². The maximum Gasteiger partial charge on any atom is 0.0434 e. The Bertz CT molecular complexity index is 524. The van der Waals surface area contributed by atoms with E-state index in [4.69, 9.17) is 0 Å². The molecule has 1 heterocycles. The van der Waals surface area contributed by atoms with Crippen LogP contribution in [0.2, 0.25) is 0 Å². The Morgan fingerprint density at radius 3 is 2.74 bits per heavy atom. The van der Waals surface area contributed by atoms with E-state index in [1.165, 1.54) is 20.5 Å². The highest BCUT2D eigenvalue weighted by Gasteiger charge is 2.15. The zero-order chi connectivity index (χ0) is 13.7. The van der Waals surface area contributed by atoms with Crippen molar-refractivity contribution in [3.8, 4) is 0 Å². The van der Waals surface area contributed by atoms with Crippen LogP contribution < -0.4 is 5.32 Å². The lowest BCUT2D eigenvalue weighted by atomic mass is 10.2. The summed E-state index contributed by atoms with van der Waals surface area (Å²) in [6.07, 6.45) is 0. The van der Waals surface area contributed by atoms with Crippen molar-refractivity contribution >= 4 is 39.0 Å². The fourth-order valence-electron chi connectivity index (χ4n) is 1.94. The van der Waals surface area contributed by atoms with Gasteiger partial charge in [-0.1, -0.05) is 25.1 Å². The molecule has 0 aliphatic rings. The number of nitrogens with one attached hydrogen (secondary N) is 1. The number of aryl methyl sites for hydroxylation is 1. The Balaban J connectivity index is 2.06. The molecule has 2 aromatic rings. The Hall–Kier alpha value is -0.290. The van der Waals surface area contributed by atoms with E-state index in [0.717, 1.165) is 12.3 Å². The van der Waals surface area contributed by atoms with Gasteiger partial charge in [0, 0.05) is 26.5 Å². The first-order valence-corrected chi connectivity index (χ1v) is 9.08. The summed E-state index contributed by atoms with van der Waals surface area (Å²) in [6, 6.07) is 8.97. The third-order valence-corrected chi connectivity index (χ3v) is 5.99. The van der Waals surface area contributed by atoms with Gasteiger partial charge >= 0.3 is 0 Å². The molecule has 0 radical (unpaired) electrons. The zero-order valence-corrected chi connectivity index (χ0v) is 14.4. The van der Waals surface area contributed by atoms with Gasteiger partial charge in [0.2, 0.25) is 0 Å². The lowest BCUT2D eigenvalue weighted by Gasteiger charge is -2.18. The van der Waals surface area contributed by atoms with Crippen LogP contribution in [0.1, 0.15) is 24.1 Å². The molecule has 4 heteroatoms. The standard InChI is InChI=1S/C15H18BrNS2/c1-3-17-14(12-8-18-9-13(12)16)10-19-15-7-5-4-6-11(15)2/h4-9,14,17H,3,10H2,1-2H3. The number of benzene rings is 1. The summed E-state index contributed by atoms with van der Waals surface area (Å²) in [7, 11) is 0. The van der Waals surface area contributed by atoms with Crippen molar-refractivity contribution in [3.63, 3.8) is 0 Å². The summed E-state index contributed by atoms with van der Waals surface area (Å²) >= 11 is 7.31. The first-order valence-electron chi connectivity index (χ1n) is 6.35. The molecule has 0 spiro atoms. The van der Waals surface area contributed by atoms with E-state index in [-0.39, 0.29) is 0 Å². The van der Waals surface area contributed by atoms with E-state index in [9.17, 15) is 0 Å². The minimum absolute atomic E-state index is 0.398. The van der Waals surface area contributed by atoms with Gasteiger partial charge in [-0.2, -0.15) is 11.3 Å². The number of rotatable bonds is 6. The third-order valence-electron chi connectivity index (χ3n) is 2.97. The predicted molar refractivity (Wildman–Crippen MR) is 90.3 cm³/mol. The van der Waals surface area contributed by atoms with Crippen molar-refractivity contribution in [1.29, 1.82) is 0 Å². The van der Waals surface area contributed by atoms with Crippen LogP contribution in [-0.2, 0) is 0 Å². The minimum atomic E-state index is 0.398. The number of thioether (sulfide) groups is 1. The summed E-state index contributed by atoms with van der Waals surface area (Å²) in [5.41, 5.74) is 2.72. The van der Waals surface area contributed by atoms with Crippen LogP contribution in [0.25, 0.3) is 0 Å². The summed E-state index contributed by atoms with van der Waals surface area (Å²) in [5.74, 6) is 1.05. The van der Waals surface area contributed by atoms with Gasteiger partial charge < -0.3 is 5.32 Å². The van der Waals surface area contributed by atoms with Crippen LogP contribution in [0, 0.1) is 6.92 Å². The summed E-state index contributed by atoms with van der Waals surface area (Å²) < 4.78 is 1.22. The maximum absolute atomic E-state index is 3.64. The summed E-state index contributed by atoms with van der Waals surface area (Å²) in [4.78, 5) is 1.37. The molecule has 1 aromatic carbocycles. The topological polar surface area (TPSA) is 12.0 Å². The monoisotopic (exact) mass is 355 g/mol. The first-order chi connectivity index (χ1) is 9.22. The van der Waals surface area contributed by atoms with E-state index >= 15 is 0 Å². The Labute approximate surface area is 131 Å². The van der Waals surface area contributed by atoms with E-state index in [1.54, 1.807) is 11.3 Å². The Morgan fingerprint density at radius 2 is 2.11 bits per heavy atom. The average molecular weight is 356 g/mol. The molecular formula is C15H18BrNS2. The number of hydrogen-bond acceptors (Lipinski definition) is 3. The number of thiophene rings is 1. The lowest BCUT2D eigenvalue weighted by Crippen LogP contribution is -2.22. The highest BCUT2D eigenvalue weighted by Crippen LogP contribution is 2.32. The lowest BCUT2D eigenvalue weighted by molar-refractivity contribution is 0.606. The second kappa shape index (κ2) is 7.48. The van der Waals surface area contributed by atoms with E-state index in [1.807, 2.05) is 11.8 Å². The molecule has 1 N–H and O–H groups in total. The van der Waals surface area contributed by atoms with Gasteiger partial charge in [0.15, 0.2) is 0 Å². The predicted octanol–water partition coefficient (Wildman–Crippen LogP) is 5.26. The van der Waals surface area contributed by atoms with Crippen LogP contribution in [0.5, 0.6) is 0 Å². The van der Waals surface area contributed by atoms with Crippen molar-refractivity contribution in [3.05, 3.63) is 50.6 Å². The smallest absolute Gasteiger partial charge is 0.0434 e. The van der Waals surface area contributed by atoms with Crippen molar-refractivity contribution in [1.82, 2.24) is 5.32 Å². The zero-order valence-electron chi connectivity index (χ0n) is 11.2. The van der Waals surface area contributed by atoms with Gasteiger partial charge in [0.05, 0.1) is 0 Å². The molecule has 1 atom stereocenters. The molecule has 0 saturated heterocycles. The molecule has 0 aliphatic heterocycles. The molecule has 0 amide bonds. The van der Waals surface area contributed by atoms with E-state index in [0.29, 0.717) is 6.04 Å². The highest BCUT2D eigenvalue weighted by molar-refractivity contribution is 9.10. The first kappa shape index (κ1) is 15.1. The molecular weight excluding hydrogens is 338 g/mol. The fraction of sp³-hybridized carbons (Fsp3) is 0.333. The Kier molecular flexibility index (Phi) is 5.95. The SMILES string of the molecule is CCNC(CSc1ccccc1C)c1cscc1Br. The molecule has 0 saturated carbocycles. The van der Waals surface area contributed by atoms with Gasteiger partial charge in [-0.3, -0.25) is 0 Å². The normalized spacial score (nSPS) is 12.6. The second-order valence-electron chi connectivity index (χ2n) is 4.36. The fourth-order valence-corrected chi connectivity index (χ4v) is 4.68. The molecule has 102 valence electrons. The number of halogens is 1. The van der Waals surface area contributed by atoms with Crippen LogP contribution >= 0.6 is 39.0 Å². The highest BCUT2D eigenvalue weighted by atomic mass is 79.9. The quantitative estimate of drug-likeness (QED) is 0.709. The van der Waals surface area contributed by atoms with Crippen LogP contribution in [0.4, 0.5) is 0 Å². The van der Waals surface area contributed by atoms with Crippen molar-refractivity contribution in [2.75, 3.05) is 12.3 Å². The van der Waals surface area contributed by atoms with Gasteiger partial charge in [0.1, 0.15) is 0 Å². The molecule has 2 rings (SSSR count). The van der Waals surface area contributed by atoms with Gasteiger partial charge in [-0.05, 0) is 52.0 Å². The molecule has 1 aromatic heterocycles. The largest absolute Gasteiger partial charge is 0.309 e. The third kappa shape index (κ3) is 4.09. The molecule has 0 bridgehead atoms. The van der Waals surface area contributed by atoms with Gasteiger partial charge in [0.25, 0.3) is 0 Å².